The highest BCUT2D eigenvalue weighted by Crippen LogP contribution is 2.34. The van der Waals surface area contributed by atoms with Gasteiger partial charge in [-0.3, -0.25) is 4.79 Å². The quantitative estimate of drug-likeness (QED) is 0.844. The van der Waals surface area contributed by atoms with Crippen molar-refractivity contribution in [1.29, 1.82) is 0 Å². The largest absolute Gasteiger partial charge is 0.486 e. The van der Waals surface area contributed by atoms with Gasteiger partial charge in [0.15, 0.2) is 11.5 Å². The van der Waals surface area contributed by atoms with Crippen molar-refractivity contribution >= 4 is 11.6 Å². The molecule has 126 valence electrons. The molecule has 0 aliphatic carbocycles. The summed E-state index contributed by atoms with van der Waals surface area (Å²) in [4.78, 5) is 12.2. The molecular formula is C16H11F4NO3. The van der Waals surface area contributed by atoms with Gasteiger partial charge in [-0.1, -0.05) is 0 Å². The van der Waals surface area contributed by atoms with Crippen LogP contribution in [0.25, 0.3) is 0 Å². The zero-order valence-corrected chi connectivity index (χ0v) is 12.1. The van der Waals surface area contributed by atoms with Crippen LogP contribution in [-0.4, -0.2) is 19.1 Å². The third-order valence-corrected chi connectivity index (χ3v) is 3.33. The Morgan fingerprint density at radius 2 is 1.71 bits per heavy atom. The summed E-state index contributed by atoms with van der Waals surface area (Å²) in [6, 6.07) is 6.68. The fourth-order valence-electron chi connectivity index (χ4n) is 2.21. The molecule has 0 bridgehead atoms. The topological polar surface area (TPSA) is 47.6 Å². The van der Waals surface area contributed by atoms with E-state index < -0.39 is 23.5 Å². The summed E-state index contributed by atoms with van der Waals surface area (Å²) in [5.74, 6) is -1.19. The van der Waals surface area contributed by atoms with E-state index in [2.05, 4.69) is 5.32 Å². The van der Waals surface area contributed by atoms with Gasteiger partial charge in [-0.2, -0.15) is 13.2 Å². The number of anilines is 1. The number of amides is 1. The Kier molecular flexibility index (Phi) is 4.04. The predicted octanol–water partition coefficient (Wildman–Crippen LogP) is 3.87. The van der Waals surface area contributed by atoms with Crippen molar-refractivity contribution < 1.29 is 31.8 Å². The maximum absolute atomic E-state index is 13.3. The van der Waals surface area contributed by atoms with Gasteiger partial charge in [0.1, 0.15) is 19.0 Å². The number of benzene rings is 2. The van der Waals surface area contributed by atoms with Crippen LogP contribution in [0.1, 0.15) is 15.9 Å². The maximum Gasteiger partial charge on any atom is 0.419 e. The van der Waals surface area contributed by atoms with E-state index in [-0.39, 0.29) is 11.3 Å². The molecule has 0 radical (unpaired) electrons. The zero-order chi connectivity index (χ0) is 17.3. The lowest BCUT2D eigenvalue weighted by Gasteiger charge is -2.18. The first-order valence-corrected chi connectivity index (χ1v) is 6.92. The van der Waals surface area contributed by atoms with E-state index in [9.17, 15) is 22.4 Å². The molecule has 24 heavy (non-hydrogen) atoms. The molecule has 0 fully saturated rings. The van der Waals surface area contributed by atoms with Gasteiger partial charge in [-0.15, -0.1) is 0 Å². The predicted molar refractivity (Wildman–Crippen MR) is 76.8 cm³/mol. The van der Waals surface area contributed by atoms with E-state index in [0.717, 1.165) is 6.07 Å². The Morgan fingerprint density at radius 1 is 1.00 bits per heavy atom. The summed E-state index contributed by atoms with van der Waals surface area (Å²) < 4.78 is 62.0. The van der Waals surface area contributed by atoms with Crippen LogP contribution < -0.4 is 14.8 Å². The van der Waals surface area contributed by atoms with Crippen LogP contribution in [0.3, 0.4) is 0 Å². The monoisotopic (exact) mass is 341 g/mol. The molecule has 0 unspecified atom stereocenters. The average molecular weight is 341 g/mol. The molecule has 3 rings (SSSR count). The van der Waals surface area contributed by atoms with Crippen molar-refractivity contribution in [1.82, 2.24) is 0 Å². The van der Waals surface area contributed by atoms with E-state index in [1.165, 1.54) is 18.2 Å². The molecule has 1 N–H and O–H groups in total. The lowest BCUT2D eigenvalue weighted by Crippen LogP contribution is -2.17. The van der Waals surface area contributed by atoms with Gasteiger partial charge in [0.05, 0.1) is 5.56 Å². The van der Waals surface area contributed by atoms with Crippen molar-refractivity contribution in [3.8, 4) is 11.5 Å². The highest BCUT2D eigenvalue weighted by atomic mass is 19.4. The molecular weight excluding hydrogens is 330 g/mol. The van der Waals surface area contributed by atoms with Crippen molar-refractivity contribution in [2.75, 3.05) is 18.5 Å². The van der Waals surface area contributed by atoms with Gasteiger partial charge >= 0.3 is 6.18 Å². The van der Waals surface area contributed by atoms with Crippen LogP contribution in [0.15, 0.2) is 36.4 Å². The van der Waals surface area contributed by atoms with Gasteiger partial charge in [-0.25, -0.2) is 4.39 Å². The maximum atomic E-state index is 13.3. The molecule has 1 aliphatic heterocycles. The fourth-order valence-corrected chi connectivity index (χ4v) is 2.21. The lowest BCUT2D eigenvalue weighted by molar-refractivity contribution is -0.139. The number of rotatable bonds is 2. The van der Waals surface area contributed by atoms with Crippen molar-refractivity contribution in [2.24, 2.45) is 0 Å². The first-order valence-electron chi connectivity index (χ1n) is 6.92. The Hall–Kier alpha value is -2.77. The molecule has 1 heterocycles. The van der Waals surface area contributed by atoms with Crippen LogP contribution in [-0.2, 0) is 6.18 Å². The lowest BCUT2D eigenvalue weighted by atomic mass is 10.1. The van der Waals surface area contributed by atoms with E-state index >= 15 is 0 Å². The number of nitrogens with one attached hydrogen (secondary N) is 1. The van der Waals surface area contributed by atoms with Crippen molar-refractivity contribution in [3.05, 3.63) is 53.3 Å². The minimum absolute atomic E-state index is 0.163. The molecule has 2 aromatic carbocycles. The van der Waals surface area contributed by atoms with Crippen molar-refractivity contribution in [3.63, 3.8) is 0 Å². The molecule has 0 atom stereocenters. The summed E-state index contributed by atoms with van der Waals surface area (Å²) in [5, 5.41) is 2.30. The minimum atomic E-state index is -4.85. The standard InChI is InChI=1S/C16H11F4NO3/c17-12-3-2-10(8-11(12)16(18,19)20)21-15(22)9-1-4-13-14(7-9)24-6-5-23-13/h1-4,7-8H,5-6H2,(H,21,22). The first-order chi connectivity index (χ1) is 11.3. The summed E-state index contributed by atoms with van der Waals surface area (Å²) in [6.07, 6.45) is -4.85. The molecule has 1 aliphatic rings. The Balaban J connectivity index is 1.82. The molecule has 1 amide bonds. The number of carbonyl (C=O) groups is 1. The first kappa shape index (κ1) is 16.1. The Labute approximate surface area is 134 Å². The second kappa shape index (κ2) is 6.03. The highest BCUT2D eigenvalue weighted by molar-refractivity contribution is 6.04. The van der Waals surface area contributed by atoms with Gasteiger partial charge in [-0.05, 0) is 36.4 Å². The summed E-state index contributed by atoms with van der Waals surface area (Å²) >= 11 is 0. The number of hydrogen-bond acceptors (Lipinski definition) is 3. The Bertz CT molecular complexity index is 789. The van der Waals surface area contributed by atoms with E-state index in [1.54, 1.807) is 0 Å². The molecule has 8 heteroatoms. The number of hydrogen-bond donors (Lipinski definition) is 1. The number of carbonyl (C=O) groups excluding carboxylic acids is 1. The molecule has 0 spiro atoms. The summed E-state index contributed by atoms with van der Waals surface area (Å²) in [5.41, 5.74) is -1.43. The van der Waals surface area contributed by atoms with Gasteiger partial charge in [0.25, 0.3) is 5.91 Å². The van der Waals surface area contributed by atoms with E-state index in [1.807, 2.05) is 0 Å². The van der Waals surface area contributed by atoms with Gasteiger partial charge < -0.3 is 14.8 Å². The number of halogens is 4. The van der Waals surface area contributed by atoms with E-state index in [0.29, 0.717) is 36.8 Å². The molecule has 0 saturated carbocycles. The third-order valence-electron chi connectivity index (χ3n) is 3.33. The Morgan fingerprint density at radius 3 is 2.42 bits per heavy atom. The summed E-state index contributed by atoms with van der Waals surface area (Å²) in [6.45, 7) is 0.735. The average Bonchev–Trinajstić information content (AvgIpc) is 2.55. The summed E-state index contributed by atoms with van der Waals surface area (Å²) in [7, 11) is 0. The highest BCUT2D eigenvalue weighted by Gasteiger charge is 2.34. The van der Waals surface area contributed by atoms with Crippen LogP contribution in [0, 0.1) is 5.82 Å². The smallest absolute Gasteiger partial charge is 0.419 e. The molecule has 0 aromatic heterocycles. The minimum Gasteiger partial charge on any atom is -0.486 e. The van der Waals surface area contributed by atoms with Crippen LogP contribution in [0.2, 0.25) is 0 Å². The van der Waals surface area contributed by atoms with Crippen LogP contribution in [0.4, 0.5) is 23.2 Å². The van der Waals surface area contributed by atoms with Gasteiger partial charge in [0.2, 0.25) is 0 Å². The molecule has 2 aromatic rings. The second-order valence-corrected chi connectivity index (χ2v) is 5.00. The van der Waals surface area contributed by atoms with E-state index in [4.69, 9.17) is 9.47 Å². The van der Waals surface area contributed by atoms with Crippen molar-refractivity contribution in [2.45, 2.75) is 6.18 Å². The fraction of sp³-hybridized carbons (Fsp3) is 0.188. The number of ether oxygens (including phenoxy) is 2. The second-order valence-electron chi connectivity index (χ2n) is 5.00. The molecule has 0 saturated heterocycles. The van der Waals surface area contributed by atoms with Crippen LogP contribution >= 0.6 is 0 Å². The SMILES string of the molecule is O=C(Nc1ccc(F)c(C(F)(F)F)c1)c1ccc2c(c1)OCCO2. The van der Waals surface area contributed by atoms with Gasteiger partial charge in [0, 0.05) is 11.3 Å². The zero-order valence-electron chi connectivity index (χ0n) is 12.1. The normalized spacial score (nSPS) is 13.5. The number of alkyl halides is 3. The van der Waals surface area contributed by atoms with Crippen LogP contribution in [0.5, 0.6) is 11.5 Å². The number of fused-ring (bicyclic) bond motifs is 1. The third kappa shape index (κ3) is 3.27. The molecule has 4 nitrogen and oxygen atoms in total.